The second-order valence-electron chi connectivity index (χ2n) is 5.18. The first-order chi connectivity index (χ1) is 12.3. The zero-order valence-electron chi connectivity index (χ0n) is 14.0. The van der Waals surface area contributed by atoms with Crippen LogP contribution in [-0.4, -0.2) is 33.5 Å². The summed E-state index contributed by atoms with van der Waals surface area (Å²) in [6, 6.07) is 6.76. The highest BCUT2D eigenvalue weighted by Crippen LogP contribution is 2.48. The molecule has 1 aromatic heterocycles. The van der Waals surface area contributed by atoms with E-state index in [1.807, 2.05) is 0 Å². The van der Waals surface area contributed by atoms with Gasteiger partial charge in [-0.25, -0.2) is 4.72 Å². The number of carbonyl (C=O) groups excluding carboxylic acids is 1. The summed E-state index contributed by atoms with van der Waals surface area (Å²) in [6.07, 6.45) is 0.303. The normalized spacial score (nSPS) is 13.2. The third kappa shape index (κ3) is 5.07. The maximum Gasteiger partial charge on any atom is 0.308 e. The van der Waals surface area contributed by atoms with Gasteiger partial charge in [0.25, 0.3) is 0 Å². The van der Waals surface area contributed by atoms with Crippen molar-refractivity contribution in [3.05, 3.63) is 30.0 Å². The first kappa shape index (κ1) is 20.4. The van der Waals surface area contributed by atoms with Crippen molar-refractivity contribution in [3.8, 4) is 28.6 Å². The highest BCUT2D eigenvalue weighted by atomic mass is 79.9. The minimum absolute atomic E-state index is 0.103. The van der Waals surface area contributed by atoms with E-state index in [1.54, 1.807) is 24.3 Å². The van der Waals surface area contributed by atoms with Gasteiger partial charge >= 0.3 is 5.97 Å². The molecule has 1 aromatic carbocycles. The van der Waals surface area contributed by atoms with Crippen LogP contribution < -0.4 is 14.2 Å². The summed E-state index contributed by atoms with van der Waals surface area (Å²) in [6.45, 7) is 1.33. The maximum atomic E-state index is 11.4. The number of rotatable bonds is 8. The monoisotopic (exact) mass is 446 g/mol. The van der Waals surface area contributed by atoms with Crippen LogP contribution in [0.2, 0.25) is 0 Å². The van der Waals surface area contributed by atoms with Gasteiger partial charge in [-0.05, 0) is 30.7 Å². The summed E-state index contributed by atoms with van der Waals surface area (Å²) in [5.41, 5.74) is 0.557. The Kier molecular flexibility index (Phi) is 7.21. The number of furan rings is 1. The predicted octanol–water partition coefficient (Wildman–Crippen LogP) is 2.80. The number of ether oxygens (including phenoxy) is 2. The molecule has 0 saturated carbocycles. The van der Waals surface area contributed by atoms with Crippen molar-refractivity contribution in [2.75, 3.05) is 13.7 Å². The van der Waals surface area contributed by atoms with Gasteiger partial charge in [-0.1, -0.05) is 15.9 Å². The molecular weight excluding hydrogens is 430 g/mol. The average Bonchev–Trinajstić information content (AvgIpc) is 2.91. The van der Waals surface area contributed by atoms with Gasteiger partial charge in [0.15, 0.2) is 11.5 Å². The molecule has 0 aliphatic carbocycles. The van der Waals surface area contributed by atoms with Crippen LogP contribution in [0.4, 0.5) is 0 Å². The molecule has 1 heterocycles. The molecule has 0 radical (unpaired) electrons. The van der Waals surface area contributed by atoms with Crippen LogP contribution in [0.3, 0.4) is 0 Å². The van der Waals surface area contributed by atoms with E-state index in [0.29, 0.717) is 17.7 Å². The van der Waals surface area contributed by atoms with Gasteiger partial charge < -0.3 is 23.6 Å². The minimum atomic E-state index is -2.38. The van der Waals surface area contributed by atoms with E-state index < -0.39 is 22.1 Å². The molecule has 0 amide bonds. The Hall–Kier alpha value is -1.88. The van der Waals surface area contributed by atoms with E-state index in [-0.39, 0.29) is 29.6 Å². The SMILES string of the molecule is COc1ccc(-c2oc(C(Br)CCNS(=O)[O-])c(OC(C)=O)c2O)cc1. The Balaban J connectivity index is 2.36. The zero-order valence-corrected chi connectivity index (χ0v) is 16.4. The Morgan fingerprint density at radius 3 is 2.62 bits per heavy atom. The van der Waals surface area contributed by atoms with Gasteiger partial charge in [0.2, 0.25) is 11.5 Å². The van der Waals surface area contributed by atoms with Crippen LogP contribution in [-0.2, 0) is 16.1 Å². The highest BCUT2D eigenvalue weighted by Gasteiger charge is 2.28. The van der Waals surface area contributed by atoms with Gasteiger partial charge in [-0.2, -0.15) is 0 Å². The lowest BCUT2D eigenvalue weighted by Crippen LogP contribution is -2.18. The van der Waals surface area contributed by atoms with Crippen molar-refractivity contribution < 1.29 is 32.6 Å². The molecule has 2 aromatic rings. The number of carbonyl (C=O) groups is 1. The molecule has 0 spiro atoms. The highest BCUT2D eigenvalue weighted by molar-refractivity contribution is 9.09. The molecule has 2 unspecified atom stereocenters. The second kappa shape index (κ2) is 9.17. The summed E-state index contributed by atoms with van der Waals surface area (Å²) in [7, 11) is 1.54. The summed E-state index contributed by atoms with van der Waals surface area (Å²) >= 11 is 0.980. The molecule has 0 fully saturated rings. The number of methoxy groups -OCH3 is 1. The summed E-state index contributed by atoms with van der Waals surface area (Å²) < 4.78 is 39.3. The number of esters is 1. The lowest BCUT2D eigenvalue weighted by Gasteiger charge is -2.11. The van der Waals surface area contributed by atoms with Crippen LogP contribution in [0.5, 0.6) is 17.2 Å². The largest absolute Gasteiger partial charge is 0.760 e. The van der Waals surface area contributed by atoms with Crippen LogP contribution in [0.25, 0.3) is 11.3 Å². The fourth-order valence-corrected chi connectivity index (χ4v) is 3.03. The van der Waals surface area contributed by atoms with Crippen molar-refractivity contribution in [3.63, 3.8) is 0 Å². The molecule has 0 aliphatic rings. The molecular formula is C16H17BrNO7S-. The molecule has 8 nitrogen and oxygen atoms in total. The fraction of sp³-hybridized carbons (Fsp3) is 0.312. The number of hydrogen-bond acceptors (Lipinski definition) is 7. The van der Waals surface area contributed by atoms with Crippen LogP contribution in [0.1, 0.15) is 23.9 Å². The summed E-state index contributed by atoms with van der Waals surface area (Å²) in [4.78, 5) is 10.9. The van der Waals surface area contributed by atoms with Gasteiger partial charge in [0.05, 0.1) is 11.9 Å². The fourth-order valence-electron chi connectivity index (χ4n) is 2.21. The Morgan fingerprint density at radius 2 is 2.08 bits per heavy atom. The Bertz CT molecular complexity index is 791. The second-order valence-corrected chi connectivity index (χ2v) is 7.04. The Morgan fingerprint density at radius 1 is 1.42 bits per heavy atom. The molecule has 0 saturated heterocycles. The average molecular weight is 447 g/mol. The lowest BCUT2D eigenvalue weighted by atomic mass is 10.1. The number of halogens is 1. The molecule has 26 heavy (non-hydrogen) atoms. The van der Waals surface area contributed by atoms with Gasteiger partial charge in [0, 0.05) is 30.3 Å². The van der Waals surface area contributed by atoms with Crippen LogP contribution in [0.15, 0.2) is 28.7 Å². The molecule has 2 rings (SSSR count). The molecule has 2 N–H and O–H groups in total. The van der Waals surface area contributed by atoms with Crippen molar-refractivity contribution >= 4 is 33.2 Å². The third-order valence-corrected chi connectivity index (χ3v) is 4.68. The smallest absolute Gasteiger partial charge is 0.308 e. The number of alkyl halides is 1. The van der Waals surface area contributed by atoms with E-state index in [2.05, 4.69) is 20.7 Å². The number of hydrogen-bond donors (Lipinski definition) is 2. The van der Waals surface area contributed by atoms with Gasteiger partial charge in [0.1, 0.15) is 5.75 Å². The summed E-state index contributed by atoms with van der Waals surface area (Å²) in [5, 5.41) is 10.5. The molecule has 142 valence electrons. The molecule has 0 bridgehead atoms. The van der Waals surface area contributed by atoms with E-state index in [4.69, 9.17) is 13.9 Å². The third-order valence-electron chi connectivity index (χ3n) is 3.37. The van der Waals surface area contributed by atoms with E-state index in [9.17, 15) is 18.7 Å². The van der Waals surface area contributed by atoms with Crippen LogP contribution >= 0.6 is 15.9 Å². The van der Waals surface area contributed by atoms with Crippen LogP contribution in [0, 0.1) is 0 Å². The number of aromatic hydroxyl groups is 1. The summed E-state index contributed by atoms with van der Waals surface area (Å²) in [5.74, 6) is -0.0956. The predicted molar refractivity (Wildman–Crippen MR) is 96.9 cm³/mol. The van der Waals surface area contributed by atoms with Crippen molar-refractivity contribution in [1.29, 1.82) is 0 Å². The first-order valence-electron chi connectivity index (χ1n) is 7.48. The van der Waals surface area contributed by atoms with Gasteiger partial charge in [-0.3, -0.25) is 9.00 Å². The maximum absolute atomic E-state index is 11.4. The molecule has 2 atom stereocenters. The Labute approximate surface area is 161 Å². The van der Waals surface area contributed by atoms with Crippen molar-refractivity contribution in [2.24, 2.45) is 0 Å². The lowest BCUT2D eigenvalue weighted by molar-refractivity contribution is -0.132. The van der Waals surface area contributed by atoms with Crippen molar-refractivity contribution in [1.82, 2.24) is 4.72 Å². The standard InChI is InChI=1S/C16H18BrNO7S/c1-9(19)24-16-13(20)14(10-3-5-11(23-2)6-4-10)25-15(16)12(17)7-8-18-26(21)22/h3-6,12,18,20H,7-8H2,1-2H3,(H,21,22)/p-1. The molecule has 10 heteroatoms. The van der Waals surface area contributed by atoms with E-state index >= 15 is 0 Å². The van der Waals surface area contributed by atoms with Gasteiger partial charge in [-0.15, -0.1) is 0 Å². The number of nitrogens with one attached hydrogen (secondary N) is 1. The van der Waals surface area contributed by atoms with E-state index in [1.165, 1.54) is 14.0 Å². The zero-order chi connectivity index (χ0) is 19.3. The van der Waals surface area contributed by atoms with E-state index in [0.717, 1.165) is 0 Å². The number of benzene rings is 1. The molecule has 0 aliphatic heterocycles. The topological polar surface area (TPSA) is 121 Å². The van der Waals surface area contributed by atoms with Crippen molar-refractivity contribution in [2.45, 2.75) is 18.2 Å². The quantitative estimate of drug-likeness (QED) is 0.363. The minimum Gasteiger partial charge on any atom is -0.760 e. The first-order valence-corrected chi connectivity index (χ1v) is 9.47.